The average Bonchev–Trinajstić information content (AvgIpc) is 3.12. The summed E-state index contributed by atoms with van der Waals surface area (Å²) >= 11 is 0. The summed E-state index contributed by atoms with van der Waals surface area (Å²) in [5.41, 5.74) is 5.14. The van der Waals surface area contributed by atoms with Gasteiger partial charge in [0.15, 0.2) is 0 Å². The van der Waals surface area contributed by atoms with Crippen LogP contribution in [0.5, 0.6) is 0 Å². The van der Waals surface area contributed by atoms with Crippen LogP contribution in [0.15, 0.2) is 24.5 Å². The Labute approximate surface area is 297 Å². The van der Waals surface area contributed by atoms with Crippen LogP contribution in [0.1, 0.15) is 87.3 Å². The van der Waals surface area contributed by atoms with Crippen molar-refractivity contribution in [2.45, 2.75) is 102 Å². The number of hydrogen-bond donors (Lipinski definition) is 4. The minimum atomic E-state index is -5.77. The molecular weight excluding hydrogens is 698 g/mol. The molecule has 1 saturated heterocycles. The number of nitrogens with zero attached hydrogens (tertiary/aromatic N) is 3. The number of fused-ring (bicyclic) bond motifs is 1. The molecule has 11 nitrogen and oxygen atoms in total. The van der Waals surface area contributed by atoms with Crippen molar-refractivity contribution in [3.8, 4) is 0 Å². The zero-order valence-electron chi connectivity index (χ0n) is 28.8. The lowest BCUT2D eigenvalue weighted by Crippen LogP contribution is -2.39. The minimum Gasteiger partial charge on any atom is -0.481 e. The summed E-state index contributed by atoms with van der Waals surface area (Å²) in [6.45, 7) is 5.10. The van der Waals surface area contributed by atoms with Crippen LogP contribution >= 0.6 is 0 Å². The predicted octanol–water partition coefficient (Wildman–Crippen LogP) is 5.98. The van der Waals surface area contributed by atoms with Crippen LogP contribution in [0.4, 0.5) is 43.7 Å². The Kier molecular flexibility index (Phi) is 13.9. The van der Waals surface area contributed by atoms with Gasteiger partial charge in [-0.05, 0) is 68.1 Å². The molecule has 0 bridgehead atoms. The van der Waals surface area contributed by atoms with Crippen LogP contribution in [0.3, 0.4) is 0 Å². The van der Waals surface area contributed by atoms with Gasteiger partial charge >= 0.3 is 29.9 Å². The Bertz CT molecular complexity index is 1550. The molecule has 286 valence electrons. The summed E-state index contributed by atoms with van der Waals surface area (Å²) in [5.74, 6) is -6.68. The molecule has 0 radical (unpaired) electrons. The summed E-state index contributed by atoms with van der Waals surface area (Å²) in [5, 5.41) is 19.7. The van der Waals surface area contributed by atoms with E-state index in [1.807, 2.05) is 0 Å². The molecule has 1 aromatic carbocycles. The number of carbonyl (C=O) groups excluding carboxylic acids is 3. The van der Waals surface area contributed by atoms with Gasteiger partial charge in [0, 0.05) is 49.9 Å². The Hall–Kier alpha value is -4.44. The topological polar surface area (TPSA) is 154 Å². The number of aryl methyl sites for hydroxylation is 1. The van der Waals surface area contributed by atoms with Crippen molar-refractivity contribution < 1.29 is 50.6 Å². The van der Waals surface area contributed by atoms with Gasteiger partial charge in [0.05, 0.1) is 5.92 Å². The number of anilines is 3. The largest absolute Gasteiger partial charge is 0.481 e. The van der Waals surface area contributed by atoms with Crippen molar-refractivity contribution in [3.63, 3.8) is 0 Å². The van der Waals surface area contributed by atoms with Crippen LogP contribution in [0.2, 0.25) is 0 Å². The number of rotatable bonds is 11. The molecule has 4 N–H and O–H groups in total. The predicted molar refractivity (Wildman–Crippen MR) is 180 cm³/mol. The molecule has 2 fully saturated rings. The van der Waals surface area contributed by atoms with Gasteiger partial charge in [0.2, 0.25) is 5.91 Å². The van der Waals surface area contributed by atoms with E-state index in [-0.39, 0.29) is 24.9 Å². The highest BCUT2D eigenvalue weighted by molar-refractivity contribution is 6.41. The number of piperidine rings is 1. The third kappa shape index (κ3) is 11.0. The first-order chi connectivity index (χ1) is 24.6. The zero-order valence-corrected chi connectivity index (χ0v) is 28.8. The van der Waals surface area contributed by atoms with E-state index in [1.54, 1.807) is 6.33 Å². The van der Waals surface area contributed by atoms with Gasteiger partial charge in [0.25, 0.3) is 0 Å². The number of carboxylic acids is 1. The lowest BCUT2D eigenvalue weighted by Gasteiger charge is -2.34. The van der Waals surface area contributed by atoms with Gasteiger partial charge in [-0.3, -0.25) is 19.2 Å². The van der Waals surface area contributed by atoms with Gasteiger partial charge in [0.1, 0.15) is 18.0 Å². The SMILES string of the molecule is CCc1c(NC[C@H](CC(=O)NC2CCCCC2)C(=O)O)ncnc1N1CCC(c2ccc3c(c2)NCCC3)CC1.O=C(C(=O)C(F)(F)F)C(F)(F)F. The van der Waals surface area contributed by atoms with Crippen LogP contribution in [0, 0.1) is 5.92 Å². The van der Waals surface area contributed by atoms with Gasteiger partial charge in [-0.25, -0.2) is 9.97 Å². The summed E-state index contributed by atoms with van der Waals surface area (Å²) in [7, 11) is 0. The summed E-state index contributed by atoms with van der Waals surface area (Å²) in [6, 6.07) is 7.13. The third-order valence-electron chi connectivity index (χ3n) is 9.60. The first-order valence-corrected chi connectivity index (χ1v) is 17.5. The van der Waals surface area contributed by atoms with Crippen LogP contribution < -0.4 is 20.9 Å². The number of benzene rings is 1. The number of ketones is 2. The van der Waals surface area contributed by atoms with E-state index in [1.165, 1.54) is 29.7 Å². The Balaban J connectivity index is 0.000000434. The summed E-state index contributed by atoms with van der Waals surface area (Å²) in [6.07, 6.45) is 0.596. The monoisotopic (exact) mass is 742 g/mol. The van der Waals surface area contributed by atoms with E-state index in [0.29, 0.717) is 11.7 Å². The maximum atomic E-state index is 12.6. The third-order valence-corrected chi connectivity index (χ3v) is 9.60. The molecule has 3 aliphatic rings. The standard InChI is InChI=1S/C31H44N6O3.C4F6O2/c1-2-26-29(33-19-24(31(39)40)18-28(38)36-25-8-4-3-5-9-25)34-20-35-30(26)37-15-12-21(13-16-37)23-11-10-22-7-6-14-32-27(22)17-23;5-3(6,7)1(11)2(12)4(8,9)10/h10-11,17,20-21,24-25,32H,2-9,12-16,18-19H2,1H3,(H,36,38)(H,39,40)(H,33,34,35);/t24-;/m0./s1. The molecular formula is C35H44F6N6O5. The van der Waals surface area contributed by atoms with Crippen LogP contribution in [0.25, 0.3) is 0 Å². The molecule has 2 aromatic rings. The second-order valence-electron chi connectivity index (χ2n) is 13.3. The van der Waals surface area contributed by atoms with E-state index in [9.17, 15) is 50.6 Å². The number of amides is 1. The Morgan fingerprint density at radius 1 is 0.942 bits per heavy atom. The molecule has 3 heterocycles. The molecule has 2 aliphatic heterocycles. The zero-order chi connectivity index (χ0) is 38.1. The quantitative estimate of drug-likeness (QED) is 0.160. The molecule has 1 aromatic heterocycles. The normalized spacial score (nSPS) is 17.5. The maximum absolute atomic E-state index is 12.6. The first-order valence-electron chi connectivity index (χ1n) is 17.5. The highest BCUT2D eigenvalue weighted by Gasteiger charge is 2.54. The van der Waals surface area contributed by atoms with Crippen LogP contribution in [-0.2, 0) is 32.0 Å². The number of Topliss-reactive ketones (excluding diaryl/α,β-unsaturated/α-hetero) is 2. The summed E-state index contributed by atoms with van der Waals surface area (Å²) < 4.78 is 67.0. The molecule has 0 spiro atoms. The smallest absolute Gasteiger partial charge is 0.458 e. The lowest BCUT2D eigenvalue weighted by molar-refractivity contribution is -0.193. The number of halogens is 6. The van der Waals surface area contributed by atoms with Gasteiger partial charge in [-0.15, -0.1) is 0 Å². The lowest BCUT2D eigenvalue weighted by atomic mass is 9.87. The fourth-order valence-electron chi connectivity index (χ4n) is 6.79. The number of carboxylic acid groups (broad SMARTS) is 1. The van der Waals surface area contributed by atoms with Crippen molar-refractivity contribution in [3.05, 3.63) is 41.2 Å². The summed E-state index contributed by atoms with van der Waals surface area (Å²) in [4.78, 5) is 55.2. The second kappa shape index (κ2) is 17.9. The number of alkyl halides is 6. The number of nitrogens with one attached hydrogen (secondary N) is 3. The van der Waals surface area contributed by atoms with E-state index in [2.05, 4.69) is 55.9 Å². The first kappa shape index (κ1) is 40.3. The molecule has 17 heteroatoms. The Morgan fingerprint density at radius 3 is 2.19 bits per heavy atom. The molecule has 1 saturated carbocycles. The molecule has 1 atom stereocenters. The fraction of sp³-hybridized carbons (Fsp3) is 0.600. The fourth-order valence-corrected chi connectivity index (χ4v) is 6.79. The second-order valence-corrected chi connectivity index (χ2v) is 13.3. The highest BCUT2D eigenvalue weighted by atomic mass is 19.4. The van der Waals surface area contributed by atoms with E-state index in [4.69, 9.17) is 0 Å². The van der Waals surface area contributed by atoms with Crippen molar-refractivity contribution >= 4 is 40.8 Å². The van der Waals surface area contributed by atoms with Crippen molar-refractivity contribution in [2.75, 3.05) is 41.7 Å². The molecule has 1 amide bonds. The minimum absolute atomic E-state index is 0.0377. The molecule has 5 rings (SSSR count). The van der Waals surface area contributed by atoms with E-state index >= 15 is 0 Å². The number of aromatic nitrogens is 2. The number of carbonyl (C=O) groups is 4. The highest BCUT2D eigenvalue weighted by Crippen LogP contribution is 2.35. The van der Waals surface area contributed by atoms with Crippen molar-refractivity contribution in [2.24, 2.45) is 5.92 Å². The number of aliphatic carboxylic acids is 1. The van der Waals surface area contributed by atoms with Gasteiger partial charge in [-0.2, -0.15) is 26.3 Å². The molecule has 1 aliphatic carbocycles. The number of hydrogen-bond acceptors (Lipinski definition) is 9. The molecule has 0 unspecified atom stereocenters. The van der Waals surface area contributed by atoms with Gasteiger partial charge in [-0.1, -0.05) is 38.3 Å². The van der Waals surface area contributed by atoms with Crippen molar-refractivity contribution in [1.82, 2.24) is 15.3 Å². The maximum Gasteiger partial charge on any atom is 0.458 e. The molecule has 52 heavy (non-hydrogen) atoms. The van der Waals surface area contributed by atoms with E-state index in [0.717, 1.165) is 82.4 Å². The van der Waals surface area contributed by atoms with Crippen LogP contribution in [-0.4, -0.2) is 83.1 Å². The Morgan fingerprint density at radius 2 is 1.60 bits per heavy atom. The van der Waals surface area contributed by atoms with E-state index < -0.39 is 35.8 Å². The van der Waals surface area contributed by atoms with Gasteiger partial charge < -0.3 is 26.0 Å². The van der Waals surface area contributed by atoms with Crippen molar-refractivity contribution in [1.29, 1.82) is 0 Å². The average molecular weight is 743 g/mol.